The van der Waals surface area contributed by atoms with E-state index in [0.29, 0.717) is 22.8 Å². The van der Waals surface area contributed by atoms with E-state index in [-0.39, 0.29) is 5.69 Å². The van der Waals surface area contributed by atoms with Crippen molar-refractivity contribution in [3.8, 4) is 11.6 Å². The highest BCUT2D eigenvalue weighted by Gasteiger charge is 2.18. The monoisotopic (exact) mass is 243 g/mol. The van der Waals surface area contributed by atoms with Gasteiger partial charge in [-0.15, -0.1) is 0 Å². The van der Waals surface area contributed by atoms with Gasteiger partial charge < -0.3 is 15.3 Å². The minimum Gasteiger partial charge on any atom is -0.476 e. The Morgan fingerprint density at radius 3 is 2.89 bits per heavy atom. The summed E-state index contributed by atoms with van der Waals surface area (Å²) in [5, 5.41) is 9.13. The Kier molecular flexibility index (Phi) is 2.09. The third kappa shape index (κ3) is 1.43. The van der Waals surface area contributed by atoms with Crippen LogP contribution in [-0.4, -0.2) is 20.5 Å². The smallest absolute Gasteiger partial charge is 0.356 e. The van der Waals surface area contributed by atoms with E-state index in [0.717, 1.165) is 0 Å². The van der Waals surface area contributed by atoms with E-state index in [4.69, 9.17) is 15.3 Å². The molecule has 0 spiro atoms. The molecule has 3 rings (SSSR count). The quantitative estimate of drug-likeness (QED) is 0.716. The largest absolute Gasteiger partial charge is 0.476 e. The van der Waals surface area contributed by atoms with Crippen LogP contribution in [0.3, 0.4) is 0 Å². The van der Waals surface area contributed by atoms with E-state index in [9.17, 15) is 4.79 Å². The van der Waals surface area contributed by atoms with Gasteiger partial charge in [0.25, 0.3) is 0 Å². The molecule has 0 aromatic carbocycles. The van der Waals surface area contributed by atoms with Gasteiger partial charge in [0.2, 0.25) is 0 Å². The number of pyridine rings is 1. The molecule has 0 aliphatic carbocycles. The van der Waals surface area contributed by atoms with E-state index in [1.807, 2.05) is 0 Å². The molecule has 0 radical (unpaired) electrons. The van der Waals surface area contributed by atoms with Crippen LogP contribution in [0.1, 0.15) is 10.5 Å². The van der Waals surface area contributed by atoms with Gasteiger partial charge in [0, 0.05) is 11.9 Å². The first-order chi connectivity index (χ1) is 8.66. The van der Waals surface area contributed by atoms with Crippen molar-refractivity contribution in [2.45, 2.75) is 0 Å². The number of aromatic carboxylic acids is 1. The predicted molar refractivity (Wildman–Crippen MR) is 64.3 cm³/mol. The summed E-state index contributed by atoms with van der Waals surface area (Å²) in [5.41, 5.74) is 6.67. The summed E-state index contributed by atoms with van der Waals surface area (Å²) in [6.07, 6.45) is 3.12. The molecule has 0 bridgehead atoms. The molecule has 90 valence electrons. The average molecular weight is 243 g/mol. The minimum atomic E-state index is -1.09. The molecule has 0 aliphatic rings. The van der Waals surface area contributed by atoms with Crippen molar-refractivity contribution >= 4 is 17.2 Å². The fourth-order valence-corrected chi connectivity index (χ4v) is 1.84. The second kappa shape index (κ2) is 3.63. The normalized spacial score (nSPS) is 10.9. The lowest BCUT2D eigenvalue weighted by atomic mass is 10.3. The van der Waals surface area contributed by atoms with Crippen LogP contribution in [0.15, 0.2) is 41.1 Å². The van der Waals surface area contributed by atoms with E-state index < -0.39 is 5.97 Å². The van der Waals surface area contributed by atoms with Crippen LogP contribution in [-0.2, 0) is 0 Å². The predicted octanol–water partition coefficient (Wildman–Crippen LogP) is 1.87. The van der Waals surface area contributed by atoms with Gasteiger partial charge in [-0.1, -0.05) is 0 Å². The molecule has 6 nitrogen and oxygen atoms in total. The summed E-state index contributed by atoms with van der Waals surface area (Å²) < 4.78 is 6.85. The Hall–Kier alpha value is -2.76. The maximum atomic E-state index is 11.1. The first-order valence-electron chi connectivity index (χ1n) is 5.21. The number of nitrogens with two attached hydrogens (primary N) is 1. The molecular weight excluding hydrogens is 234 g/mol. The molecule has 0 amide bonds. The van der Waals surface area contributed by atoms with Gasteiger partial charge in [-0.25, -0.2) is 9.78 Å². The van der Waals surface area contributed by atoms with Crippen LogP contribution in [0.5, 0.6) is 0 Å². The highest BCUT2D eigenvalue weighted by molar-refractivity contribution is 5.95. The van der Waals surface area contributed by atoms with Gasteiger partial charge in [-0.05, 0) is 24.3 Å². The number of furan rings is 1. The van der Waals surface area contributed by atoms with Crippen LogP contribution in [0.2, 0.25) is 0 Å². The Bertz CT molecular complexity index is 728. The molecular formula is C12H9N3O3. The number of rotatable bonds is 2. The molecule has 0 unspecified atom stereocenters. The molecule has 0 fully saturated rings. The SMILES string of the molecule is Nc1ccc2c(C(=O)O)nc(-c3ccco3)n2c1. The Balaban J connectivity index is 2.38. The number of imidazole rings is 1. The maximum absolute atomic E-state index is 11.1. The third-order valence-corrected chi connectivity index (χ3v) is 2.60. The summed E-state index contributed by atoms with van der Waals surface area (Å²) in [4.78, 5) is 15.2. The third-order valence-electron chi connectivity index (χ3n) is 2.60. The van der Waals surface area contributed by atoms with Crippen molar-refractivity contribution < 1.29 is 14.3 Å². The molecule has 3 heterocycles. The first-order valence-corrected chi connectivity index (χ1v) is 5.21. The van der Waals surface area contributed by atoms with Crippen LogP contribution in [0, 0.1) is 0 Å². The van der Waals surface area contributed by atoms with Crippen molar-refractivity contribution in [1.82, 2.24) is 9.38 Å². The van der Waals surface area contributed by atoms with Gasteiger partial charge in [0.1, 0.15) is 0 Å². The van der Waals surface area contributed by atoms with Gasteiger partial charge in [0.15, 0.2) is 17.3 Å². The van der Waals surface area contributed by atoms with Gasteiger partial charge in [-0.3, -0.25) is 4.40 Å². The van der Waals surface area contributed by atoms with Crippen molar-refractivity contribution in [2.24, 2.45) is 0 Å². The van der Waals surface area contributed by atoms with Crippen LogP contribution < -0.4 is 5.73 Å². The highest BCUT2D eigenvalue weighted by atomic mass is 16.4. The number of nitrogens with zero attached hydrogens (tertiary/aromatic N) is 2. The number of aromatic nitrogens is 2. The number of carboxylic acids is 1. The molecule has 0 atom stereocenters. The molecule has 6 heteroatoms. The Morgan fingerprint density at radius 2 is 2.22 bits per heavy atom. The lowest BCUT2D eigenvalue weighted by Gasteiger charge is -1.99. The fourth-order valence-electron chi connectivity index (χ4n) is 1.84. The standard InChI is InChI=1S/C12H9N3O3/c13-7-3-4-8-10(12(16)17)14-11(15(8)6-7)9-2-1-5-18-9/h1-6H,13H2,(H,16,17). The average Bonchev–Trinajstić information content (AvgIpc) is 2.93. The molecule has 3 aromatic rings. The zero-order chi connectivity index (χ0) is 12.7. The number of fused-ring (bicyclic) bond motifs is 1. The number of carbonyl (C=O) groups is 1. The Labute approximate surface area is 101 Å². The lowest BCUT2D eigenvalue weighted by molar-refractivity contribution is 0.0693. The Morgan fingerprint density at radius 1 is 1.39 bits per heavy atom. The summed E-state index contributed by atoms with van der Waals surface area (Å²) in [6, 6.07) is 6.68. The van der Waals surface area contributed by atoms with Crippen LogP contribution >= 0.6 is 0 Å². The van der Waals surface area contributed by atoms with Crippen molar-refractivity contribution in [3.63, 3.8) is 0 Å². The summed E-state index contributed by atoms with van der Waals surface area (Å²) >= 11 is 0. The second-order valence-corrected chi connectivity index (χ2v) is 3.78. The van der Waals surface area contributed by atoms with Crippen molar-refractivity contribution in [2.75, 3.05) is 5.73 Å². The first kappa shape index (κ1) is 10.4. The van der Waals surface area contributed by atoms with Gasteiger partial charge in [-0.2, -0.15) is 0 Å². The van der Waals surface area contributed by atoms with E-state index in [1.165, 1.54) is 6.26 Å². The molecule has 0 saturated heterocycles. The number of carboxylic acid groups (broad SMARTS) is 1. The molecule has 3 N–H and O–H groups in total. The topological polar surface area (TPSA) is 93.8 Å². The summed E-state index contributed by atoms with van der Waals surface area (Å²) in [5.74, 6) is -0.183. The van der Waals surface area contributed by atoms with E-state index in [2.05, 4.69) is 4.98 Å². The van der Waals surface area contributed by atoms with Crippen LogP contribution in [0.25, 0.3) is 17.1 Å². The molecule has 18 heavy (non-hydrogen) atoms. The van der Waals surface area contributed by atoms with Crippen molar-refractivity contribution in [3.05, 3.63) is 42.4 Å². The van der Waals surface area contributed by atoms with Crippen molar-refractivity contribution in [1.29, 1.82) is 0 Å². The number of hydrogen-bond donors (Lipinski definition) is 2. The summed E-state index contributed by atoms with van der Waals surface area (Å²) in [6.45, 7) is 0. The highest BCUT2D eigenvalue weighted by Crippen LogP contribution is 2.24. The van der Waals surface area contributed by atoms with E-state index >= 15 is 0 Å². The van der Waals surface area contributed by atoms with E-state index in [1.54, 1.807) is 34.9 Å². The number of hydrogen-bond acceptors (Lipinski definition) is 4. The zero-order valence-corrected chi connectivity index (χ0v) is 9.20. The molecule has 0 aliphatic heterocycles. The zero-order valence-electron chi connectivity index (χ0n) is 9.20. The minimum absolute atomic E-state index is 0.0265. The maximum Gasteiger partial charge on any atom is 0.356 e. The summed E-state index contributed by atoms with van der Waals surface area (Å²) in [7, 11) is 0. The molecule has 0 saturated carbocycles. The fraction of sp³-hybridized carbons (Fsp3) is 0. The second-order valence-electron chi connectivity index (χ2n) is 3.78. The van der Waals surface area contributed by atoms with Gasteiger partial charge in [0.05, 0.1) is 11.8 Å². The number of nitrogen functional groups attached to an aromatic ring is 1. The lowest BCUT2D eigenvalue weighted by Crippen LogP contribution is -1.97. The van der Waals surface area contributed by atoms with Gasteiger partial charge >= 0.3 is 5.97 Å². The van der Waals surface area contributed by atoms with Crippen LogP contribution in [0.4, 0.5) is 5.69 Å². The number of anilines is 1. The molecule has 3 aromatic heterocycles.